The Bertz CT molecular complexity index is 582. The molecule has 1 fully saturated rings. The Hall–Kier alpha value is -1.82. The van der Waals surface area contributed by atoms with E-state index >= 15 is 0 Å². The van der Waals surface area contributed by atoms with E-state index in [1.54, 1.807) is 30.3 Å². The average molecular weight is 295 g/mol. The van der Waals surface area contributed by atoms with Crippen LogP contribution in [0, 0.1) is 0 Å². The Morgan fingerprint density at radius 1 is 1.40 bits per heavy atom. The highest BCUT2D eigenvalue weighted by molar-refractivity contribution is 7.91. The van der Waals surface area contributed by atoms with E-state index in [1.807, 2.05) is 6.07 Å². The smallest absolute Gasteiger partial charge is 0.410 e. The molecule has 0 N–H and O–H groups in total. The van der Waals surface area contributed by atoms with Gasteiger partial charge in [0, 0.05) is 6.54 Å². The van der Waals surface area contributed by atoms with Crippen LogP contribution >= 0.6 is 0 Å². The third-order valence-electron chi connectivity index (χ3n) is 3.16. The maximum absolute atomic E-state index is 12.2. The first-order valence-electron chi connectivity index (χ1n) is 6.36. The number of carbonyl (C=O) groups excluding carboxylic acids is 1. The van der Waals surface area contributed by atoms with Crippen LogP contribution in [0.2, 0.25) is 0 Å². The van der Waals surface area contributed by atoms with Gasteiger partial charge >= 0.3 is 6.09 Å². The topological polar surface area (TPSA) is 63.7 Å². The molecule has 0 bridgehead atoms. The molecule has 108 valence electrons. The fraction of sp³-hybridized carbons (Fsp3) is 0.357. The van der Waals surface area contributed by atoms with E-state index in [9.17, 15) is 13.2 Å². The molecule has 1 amide bonds. The van der Waals surface area contributed by atoms with Crippen LogP contribution < -0.4 is 4.74 Å². The summed E-state index contributed by atoms with van der Waals surface area (Å²) in [6.45, 7) is 3.87. The summed E-state index contributed by atoms with van der Waals surface area (Å²) in [5, 5.41) is 0. The molecule has 20 heavy (non-hydrogen) atoms. The largest absolute Gasteiger partial charge is 0.415 e. The first kappa shape index (κ1) is 14.6. The van der Waals surface area contributed by atoms with Crippen LogP contribution in [0.15, 0.2) is 43.0 Å². The summed E-state index contributed by atoms with van der Waals surface area (Å²) in [7, 11) is -3.05. The summed E-state index contributed by atoms with van der Waals surface area (Å²) in [5.74, 6) is 0.543. The van der Waals surface area contributed by atoms with Gasteiger partial charge in [-0.3, -0.25) is 0 Å². The second kappa shape index (κ2) is 6.09. The average Bonchev–Trinajstić information content (AvgIpc) is 2.77. The van der Waals surface area contributed by atoms with Gasteiger partial charge < -0.3 is 9.64 Å². The second-order valence-electron chi connectivity index (χ2n) is 4.68. The third kappa shape index (κ3) is 3.60. The van der Waals surface area contributed by atoms with Crippen molar-refractivity contribution >= 4 is 15.9 Å². The highest BCUT2D eigenvalue weighted by Crippen LogP contribution is 2.19. The number of hydrogen-bond acceptors (Lipinski definition) is 4. The number of amides is 1. The number of para-hydroxylation sites is 1. The predicted octanol–water partition coefficient (Wildman–Crippen LogP) is 1.86. The Balaban J connectivity index is 2.08. The van der Waals surface area contributed by atoms with Gasteiger partial charge in [-0.05, 0) is 18.6 Å². The van der Waals surface area contributed by atoms with Gasteiger partial charge in [0.05, 0.1) is 17.5 Å². The number of carbonyl (C=O) groups is 1. The first-order valence-corrected chi connectivity index (χ1v) is 8.19. The van der Waals surface area contributed by atoms with Gasteiger partial charge in [-0.25, -0.2) is 13.2 Å². The molecule has 2 rings (SSSR count). The highest BCUT2D eigenvalue weighted by atomic mass is 32.2. The maximum Gasteiger partial charge on any atom is 0.415 e. The van der Waals surface area contributed by atoms with Crippen molar-refractivity contribution in [3.05, 3.63) is 43.0 Å². The standard InChI is InChI=1S/C14H17NO4S/c1-2-9-15(12-8-10-20(17,18)11-12)14(16)19-13-6-4-3-5-7-13/h2-7,12H,1,8-11H2/t12-/m0/s1. The number of ether oxygens (including phenoxy) is 1. The molecule has 5 nitrogen and oxygen atoms in total. The van der Waals surface area contributed by atoms with Crippen LogP contribution in [-0.2, 0) is 9.84 Å². The lowest BCUT2D eigenvalue weighted by Gasteiger charge is -2.25. The molecule has 0 saturated carbocycles. The number of rotatable bonds is 4. The van der Waals surface area contributed by atoms with Crippen molar-refractivity contribution in [2.24, 2.45) is 0 Å². The van der Waals surface area contributed by atoms with E-state index in [1.165, 1.54) is 4.90 Å². The quantitative estimate of drug-likeness (QED) is 0.795. The molecule has 0 aromatic heterocycles. The van der Waals surface area contributed by atoms with Crippen molar-refractivity contribution < 1.29 is 17.9 Å². The number of sulfone groups is 1. The molecule has 1 aromatic carbocycles. The molecule has 6 heteroatoms. The zero-order valence-electron chi connectivity index (χ0n) is 11.1. The van der Waals surface area contributed by atoms with Crippen LogP contribution in [0.3, 0.4) is 0 Å². The Kier molecular flexibility index (Phi) is 4.44. The summed E-state index contributed by atoms with van der Waals surface area (Å²) < 4.78 is 28.3. The van der Waals surface area contributed by atoms with Gasteiger partial charge in [0.15, 0.2) is 9.84 Å². The normalized spacial score (nSPS) is 20.3. The molecule has 0 aliphatic carbocycles. The van der Waals surface area contributed by atoms with Crippen LogP contribution in [0.4, 0.5) is 4.79 Å². The minimum atomic E-state index is -3.05. The fourth-order valence-electron chi connectivity index (χ4n) is 2.18. The van der Waals surface area contributed by atoms with Gasteiger partial charge in [-0.2, -0.15) is 0 Å². The molecular formula is C14H17NO4S. The van der Waals surface area contributed by atoms with E-state index in [-0.39, 0.29) is 24.1 Å². The molecule has 1 atom stereocenters. The van der Waals surface area contributed by atoms with Crippen LogP contribution in [0.5, 0.6) is 5.75 Å². The van der Waals surface area contributed by atoms with Gasteiger partial charge in [0.1, 0.15) is 5.75 Å². The van der Waals surface area contributed by atoms with E-state index < -0.39 is 15.9 Å². The summed E-state index contributed by atoms with van der Waals surface area (Å²) >= 11 is 0. The molecule has 1 heterocycles. The predicted molar refractivity (Wildman–Crippen MR) is 76.4 cm³/mol. The minimum absolute atomic E-state index is 0.00920. The van der Waals surface area contributed by atoms with E-state index in [0.29, 0.717) is 12.2 Å². The zero-order valence-corrected chi connectivity index (χ0v) is 11.9. The molecular weight excluding hydrogens is 278 g/mol. The highest BCUT2D eigenvalue weighted by Gasteiger charge is 2.35. The number of nitrogens with zero attached hydrogens (tertiary/aromatic N) is 1. The van der Waals surface area contributed by atoms with Crippen molar-refractivity contribution in [3.8, 4) is 5.75 Å². The van der Waals surface area contributed by atoms with Gasteiger partial charge in [-0.15, -0.1) is 6.58 Å². The van der Waals surface area contributed by atoms with E-state index in [4.69, 9.17) is 4.74 Å². The van der Waals surface area contributed by atoms with Crippen LogP contribution in [0.1, 0.15) is 6.42 Å². The monoisotopic (exact) mass is 295 g/mol. The van der Waals surface area contributed by atoms with Crippen molar-refractivity contribution in [3.63, 3.8) is 0 Å². The van der Waals surface area contributed by atoms with Crippen molar-refractivity contribution in [1.82, 2.24) is 4.90 Å². The van der Waals surface area contributed by atoms with Crippen LogP contribution in [-0.4, -0.2) is 43.5 Å². The molecule has 1 aromatic rings. The first-order chi connectivity index (χ1) is 9.52. The van der Waals surface area contributed by atoms with Gasteiger partial charge in [0.2, 0.25) is 0 Å². The Morgan fingerprint density at radius 2 is 2.10 bits per heavy atom. The fourth-order valence-corrected chi connectivity index (χ4v) is 3.91. The Morgan fingerprint density at radius 3 is 2.65 bits per heavy atom. The minimum Gasteiger partial charge on any atom is -0.410 e. The third-order valence-corrected chi connectivity index (χ3v) is 4.91. The second-order valence-corrected chi connectivity index (χ2v) is 6.91. The van der Waals surface area contributed by atoms with Gasteiger partial charge in [0.25, 0.3) is 0 Å². The van der Waals surface area contributed by atoms with E-state index in [0.717, 1.165) is 0 Å². The lowest BCUT2D eigenvalue weighted by atomic mass is 10.2. The number of hydrogen-bond donors (Lipinski definition) is 0. The van der Waals surface area contributed by atoms with E-state index in [2.05, 4.69) is 6.58 Å². The molecule has 1 aliphatic heterocycles. The molecule has 1 saturated heterocycles. The molecule has 0 spiro atoms. The van der Waals surface area contributed by atoms with Gasteiger partial charge in [-0.1, -0.05) is 24.3 Å². The molecule has 0 unspecified atom stereocenters. The van der Waals surface area contributed by atoms with Crippen molar-refractivity contribution in [2.75, 3.05) is 18.1 Å². The summed E-state index contributed by atoms with van der Waals surface area (Å²) in [6, 6.07) is 8.36. The Labute approximate surface area is 118 Å². The lowest BCUT2D eigenvalue weighted by molar-refractivity contribution is 0.142. The lowest BCUT2D eigenvalue weighted by Crippen LogP contribution is -2.42. The maximum atomic E-state index is 12.2. The number of benzene rings is 1. The summed E-state index contributed by atoms with van der Waals surface area (Å²) in [6.07, 6.45) is 1.47. The molecule has 1 aliphatic rings. The van der Waals surface area contributed by atoms with Crippen molar-refractivity contribution in [1.29, 1.82) is 0 Å². The van der Waals surface area contributed by atoms with Crippen molar-refractivity contribution in [2.45, 2.75) is 12.5 Å². The summed E-state index contributed by atoms with van der Waals surface area (Å²) in [4.78, 5) is 13.6. The molecule has 0 radical (unpaired) electrons. The zero-order chi connectivity index (χ0) is 14.6. The summed E-state index contributed by atoms with van der Waals surface area (Å²) in [5.41, 5.74) is 0. The SMILES string of the molecule is C=CCN(C(=O)Oc1ccccc1)[C@H]1CCS(=O)(=O)C1. The van der Waals surface area contributed by atoms with Crippen LogP contribution in [0.25, 0.3) is 0 Å².